The molecule has 160 valence electrons. The largest absolute Gasteiger partial charge is 0.326 e. The van der Waals surface area contributed by atoms with Crippen molar-refractivity contribution in [2.24, 2.45) is 0 Å². The minimum atomic E-state index is -0.0992. The van der Waals surface area contributed by atoms with Gasteiger partial charge in [0.25, 0.3) is 0 Å². The molecule has 2 aromatic heterocycles. The first-order chi connectivity index (χ1) is 15.7. The second-order valence-corrected chi connectivity index (χ2v) is 11.1. The molecule has 1 atom stereocenters. The Kier molecular flexibility index (Phi) is 6.23. The molecule has 1 amide bonds. The van der Waals surface area contributed by atoms with Crippen LogP contribution in [0.25, 0.3) is 10.2 Å². The molecule has 8 heteroatoms. The van der Waals surface area contributed by atoms with Crippen molar-refractivity contribution in [3.8, 4) is 6.07 Å². The van der Waals surface area contributed by atoms with Crippen LogP contribution in [0.5, 0.6) is 0 Å². The molecule has 1 aliphatic heterocycles. The van der Waals surface area contributed by atoms with Gasteiger partial charge in [0.05, 0.1) is 33.0 Å². The van der Waals surface area contributed by atoms with Gasteiger partial charge in [-0.2, -0.15) is 5.26 Å². The maximum atomic E-state index is 12.6. The first-order valence-electron chi connectivity index (χ1n) is 10.4. The predicted octanol–water partition coefficient (Wildman–Crippen LogP) is 4.10. The summed E-state index contributed by atoms with van der Waals surface area (Å²) in [6, 6.07) is 20.8. The number of benzene rings is 2. The van der Waals surface area contributed by atoms with Crippen molar-refractivity contribution in [1.29, 1.82) is 5.26 Å². The quantitative estimate of drug-likeness (QED) is 0.410. The van der Waals surface area contributed by atoms with E-state index in [4.69, 9.17) is 0 Å². The van der Waals surface area contributed by atoms with Gasteiger partial charge in [0.1, 0.15) is 24.2 Å². The number of nitrogens with one attached hydrogen (secondary N) is 2. The zero-order valence-electron chi connectivity index (χ0n) is 17.3. The van der Waals surface area contributed by atoms with Crippen molar-refractivity contribution < 1.29 is 9.69 Å². The first-order valence-corrected chi connectivity index (χ1v) is 13.0. The number of thiophene rings is 1. The SMILES string of the molecule is N#Cc1c(NC(=O)CSc2nc3ccccc3s2)sc2c1CC[NH+](Cc1ccccc1)C2. The lowest BCUT2D eigenvalue weighted by Gasteiger charge is -2.23. The van der Waals surface area contributed by atoms with Crippen LogP contribution in [0.2, 0.25) is 0 Å². The molecular formula is C24H21N4OS3+. The third-order valence-corrected chi connectivity index (χ3v) is 8.82. The van der Waals surface area contributed by atoms with E-state index in [1.807, 2.05) is 30.3 Å². The molecule has 0 fully saturated rings. The summed E-state index contributed by atoms with van der Waals surface area (Å²) < 4.78 is 2.00. The average molecular weight is 478 g/mol. The molecule has 2 aromatic carbocycles. The zero-order valence-corrected chi connectivity index (χ0v) is 19.7. The Morgan fingerprint density at radius 2 is 1.97 bits per heavy atom. The molecule has 0 aliphatic carbocycles. The molecule has 1 unspecified atom stereocenters. The number of aromatic nitrogens is 1. The van der Waals surface area contributed by atoms with E-state index in [1.165, 1.54) is 27.1 Å². The Hall–Kier alpha value is -2.70. The molecule has 5 rings (SSSR count). The van der Waals surface area contributed by atoms with E-state index in [9.17, 15) is 10.1 Å². The van der Waals surface area contributed by atoms with Crippen LogP contribution < -0.4 is 10.2 Å². The lowest BCUT2D eigenvalue weighted by molar-refractivity contribution is -0.929. The molecule has 0 bridgehead atoms. The number of fused-ring (bicyclic) bond motifs is 2. The monoisotopic (exact) mass is 477 g/mol. The number of nitrogens with zero attached hydrogens (tertiary/aromatic N) is 2. The molecule has 0 saturated carbocycles. The van der Waals surface area contributed by atoms with Crippen LogP contribution in [-0.2, 0) is 24.3 Å². The van der Waals surface area contributed by atoms with Gasteiger partial charge in [0.2, 0.25) is 5.91 Å². The van der Waals surface area contributed by atoms with E-state index in [0.717, 1.165) is 46.2 Å². The van der Waals surface area contributed by atoms with Crippen molar-refractivity contribution in [2.45, 2.75) is 23.8 Å². The van der Waals surface area contributed by atoms with Crippen molar-refractivity contribution in [1.82, 2.24) is 4.98 Å². The molecule has 1 aliphatic rings. The zero-order chi connectivity index (χ0) is 21.9. The van der Waals surface area contributed by atoms with E-state index < -0.39 is 0 Å². The lowest BCUT2D eigenvalue weighted by Crippen LogP contribution is -3.10. The molecule has 32 heavy (non-hydrogen) atoms. The second-order valence-electron chi connectivity index (χ2n) is 7.69. The Bertz CT molecular complexity index is 1270. The number of thiazole rings is 1. The summed E-state index contributed by atoms with van der Waals surface area (Å²) in [5, 5.41) is 13.4. The fourth-order valence-electron chi connectivity index (χ4n) is 3.98. The average Bonchev–Trinajstić information content (AvgIpc) is 3.38. The summed E-state index contributed by atoms with van der Waals surface area (Å²) in [4.78, 5) is 19.9. The number of quaternary nitrogens is 1. The van der Waals surface area contributed by atoms with Gasteiger partial charge in [0, 0.05) is 12.0 Å². The number of carbonyl (C=O) groups excluding carboxylic acids is 1. The van der Waals surface area contributed by atoms with Gasteiger partial charge in [-0.05, 0) is 17.7 Å². The van der Waals surface area contributed by atoms with Crippen LogP contribution in [0.1, 0.15) is 21.6 Å². The normalized spacial score (nSPS) is 15.3. The highest BCUT2D eigenvalue weighted by molar-refractivity contribution is 8.01. The van der Waals surface area contributed by atoms with Crippen molar-refractivity contribution >= 4 is 55.6 Å². The van der Waals surface area contributed by atoms with Crippen LogP contribution >= 0.6 is 34.4 Å². The number of anilines is 1. The highest BCUT2D eigenvalue weighted by Crippen LogP contribution is 2.35. The summed E-state index contributed by atoms with van der Waals surface area (Å²) in [5.41, 5.74) is 4.04. The van der Waals surface area contributed by atoms with Crippen LogP contribution in [0.3, 0.4) is 0 Å². The number of carbonyl (C=O) groups is 1. The topological polar surface area (TPSA) is 70.2 Å². The minimum Gasteiger partial charge on any atom is -0.326 e. The Morgan fingerprint density at radius 1 is 1.16 bits per heavy atom. The Balaban J connectivity index is 1.24. The predicted molar refractivity (Wildman–Crippen MR) is 131 cm³/mol. The molecule has 5 nitrogen and oxygen atoms in total. The van der Waals surface area contributed by atoms with Gasteiger partial charge in [-0.25, -0.2) is 4.98 Å². The summed E-state index contributed by atoms with van der Waals surface area (Å²) in [6.07, 6.45) is 0.868. The molecular weight excluding hydrogens is 456 g/mol. The molecule has 0 saturated heterocycles. The number of amides is 1. The smallest absolute Gasteiger partial charge is 0.235 e. The molecule has 3 heterocycles. The van der Waals surface area contributed by atoms with Gasteiger partial charge in [-0.1, -0.05) is 54.2 Å². The number of thioether (sulfide) groups is 1. The number of rotatable bonds is 6. The summed E-state index contributed by atoms with van der Waals surface area (Å²) in [6.45, 7) is 2.86. The highest BCUT2D eigenvalue weighted by atomic mass is 32.2. The number of hydrogen-bond donors (Lipinski definition) is 2. The van der Waals surface area contributed by atoms with Crippen molar-refractivity contribution in [2.75, 3.05) is 17.6 Å². The summed E-state index contributed by atoms with van der Waals surface area (Å²) in [7, 11) is 0. The van der Waals surface area contributed by atoms with Crippen LogP contribution in [0.4, 0.5) is 5.00 Å². The van der Waals surface area contributed by atoms with Gasteiger partial charge in [-0.15, -0.1) is 22.7 Å². The minimum absolute atomic E-state index is 0.0992. The van der Waals surface area contributed by atoms with Crippen LogP contribution in [0.15, 0.2) is 58.9 Å². The lowest BCUT2D eigenvalue weighted by atomic mass is 10.0. The van der Waals surface area contributed by atoms with Crippen LogP contribution in [0, 0.1) is 11.3 Å². The van der Waals surface area contributed by atoms with Gasteiger partial charge in [-0.3, -0.25) is 4.79 Å². The number of para-hydroxylation sites is 1. The highest BCUT2D eigenvalue weighted by Gasteiger charge is 2.27. The number of hydrogen-bond acceptors (Lipinski definition) is 6. The van der Waals surface area contributed by atoms with E-state index >= 15 is 0 Å². The second kappa shape index (κ2) is 9.43. The summed E-state index contributed by atoms with van der Waals surface area (Å²) >= 11 is 4.59. The summed E-state index contributed by atoms with van der Waals surface area (Å²) in [5.74, 6) is 0.177. The maximum absolute atomic E-state index is 12.6. The Labute approximate surface area is 198 Å². The van der Waals surface area contributed by atoms with Gasteiger partial charge < -0.3 is 10.2 Å². The van der Waals surface area contributed by atoms with Crippen LogP contribution in [-0.4, -0.2) is 23.2 Å². The van der Waals surface area contributed by atoms with Gasteiger partial charge >= 0.3 is 0 Å². The standard InChI is InChI=1S/C24H20N4OS3/c25-12-18-17-10-11-28(13-16-6-2-1-3-7-16)14-21(17)31-23(18)27-22(29)15-30-24-26-19-8-4-5-9-20(19)32-24/h1-9H,10-11,13-15H2,(H,27,29)/p+1. The van der Waals surface area contributed by atoms with E-state index in [-0.39, 0.29) is 11.7 Å². The third-order valence-electron chi connectivity index (χ3n) is 5.49. The van der Waals surface area contributed by atoms with E-state index in [2.05, 4.69) is 40.6 Å². The molecule has 0 spiro atoms. The fourth-order valence-corrected chi connectivity index (χ4v) is 7.14. The fraction of sp³-hybridized carbons (Fsp3) is 0.208. The van der Waals surface area contributed by atoms with Crippen molar-refractivity contribution in [3.63, 3.8) is 0 Å². The molecule has 4 aromatic rings. The molecule has 0 radical (unpaired) electrons. The Morgan fingerprint density at radius 3 is 2.78 bits per heavy atom. The third kappa shape index (κ3) is 4.57. The first kappa shape index (κ1) is 21.2. The van der Waals surface area contributed by atoms with E-state index in [1.54, 1.807) is 22.7 Å². The van der Waals surface area contributed by atoms with E-state index in [0.29, 0.717) is 10.6 Å². The van der Waals surface area contributed by atoms with Gasteiger partial charge in [0.15, 0.2) is 4.34 Å². The number of nitriles is 1. The molecule has 2 N–H and O–H groups in total. The van der Waals surface area contributed by atoms with Crippen molar-refractivity contribution in [3.05, 3.63) is 76.2 Å². The maximum Gasteiger partial charge on any atom is 0.235 e.